The molecule has 1 saturated heterocycles. The molecule has 0 radical (unpaired) electrons. The van der Waals surface area contributed by atoms with Crippen LogP contribution in [0.25, 0.3) is 32.9 Å². The minimum atomic E-state index is -0.577. The number of ether oxygens (including phenoxy) is 1. The highest BCUT2D eigenvalue weighted by Gasteiger charge is 2.24. The van der Waals surface area contributed by atoms with Crippen LogP contribution in [0.2, 0.25) is 0 Å². The summed E-state index contributed by atoms with van der Waals surface area (Å²) in [5.74, 6) is 0.185. The van der Waals surface area contributed by atoms with Gasteiger partial charge in [0.05, 0.1) is 12.5 Å². The van der Waals surface area contributed by atoms with Crippen molar-refractivity contribution < 1.29 is 13.5 Å². The predicted molar refractivity (Wildman–Crippen MR) is 126 cm³/mol. The Bertz CT molecular complexity index is 1360. The van der Waals surface area contributed by atoms with Crippen LogP contribution >= 0.6 is 0 Å². The van der Waals surface area contributed by atoms with Gasteiger partial charge in [-0.2, -0.15) is 9.97 Å². The summed E-state index contributed by atoms with van der Waals surface area (Å²) >= 11 is 0. The van der Waals surface area contributed by atoms with Gasteiger partial charge in [0.2, 0.25) is 0 Å². The van der Waals surface area contributed by atoms with Crippen LogP contribution in [0.1, 0.15) is 12.5 Å². The molecular formula is C25H25F2N5O. The lowest BCUT2D eigenvalue weighted by atomic mass is 9.95. The van der Waals surface area contributed by atoms with Crippen molar-refractivity contribution >= 4 is 27.5 Å². The highest BCUT2D eigenvalue weighted by molar-refractivity contribution is 6.00. The summed E-state index contributed by atoms with van der Waals surface area (Å²) in [6.45, 7) is 4.54. The van der Waals surface area contributed by atoms with Crippen molar-refractivity contribution in [3.05, 3.63) is 53.7 Å². The Morgan fingerprint density at radius 1 is 1.15 bits per heavy atom. The molecule has 33 heavy (non-hydrogen) atoms. The molecule has 5 rings (SSSR count). The number of hydrogen-bond donors (Lipinski definition) is 1. The first kappa shape index (κ1) is 21.5. The van der Waals surface area contributed by atoms with E-state index in [1.54, 1.807) is 18.3 Å². The van der Waals surface area contributed by atoms with Gasteiger partial charge in [-0.1, -0.05) is 31.2 Å². The molecule has 0 saturated carbocycles. The van der Waals surface area contributed by atoms with E-state index in [0.717, 1.165) is 25.0 Å². The Labute approximate surface area is 190 Å². The average molecular weight is 450 g/mol. The van der Waals surface area contributed by atoms with Crippen molar-refractivity contribution in [3.63, 3.8) is 0 Å². The largest absolute Gasteiger partial charge is 0.467 e. The number of nitrogens with one attached hydrogen (secondary N) is 1. The fourth-order valence-corrected chi connectivity index (χ4v) is 4.51. The third kappa shape index (κ3) is 3.64. The molecule has 0 atom stereocenters. The molecule has 0 unspecified atom stereocenters. The number of nitrogens with zero attached hydrogens (tertiary/aromatic N) is 4. The van der Waals surface area contributed by atoms with Gasteiger partial charge in [-0.3, -0.25) is 4.98 Å². The number of halogens is 2. The summed E-state index contributed by atoms with van der Waals surface area (Å²) in [4.78, 5) is 15.3. The van der Waals surface area contributed by atoms with Gasteiger partial charge in [-0.15, -0.1) is 0 Å². The predicted octanol–water partition coefficient (Wildman–Crippen LogP) is 4.35. The lowest BCUT2D eigenvalue weighted by molar-refractivity contribution is 0.351. The van der Waals surface area contributed by atoms with E-state index in [1.807, 2.05) is 31.0 Å². The monoisotopic (exact) mass is 449 g/mol. The average Bonchev–Trinajstić information content (AvgIpc) is 2.80. The first-order chi connectivity index (χ1) is 16.0. The molecule has 1 aliphatic heterocycles. The van der Waals surface area contributed by atoms with Crippen molar-refractivity contribution in [1.82, 2.24) is 20.3 Å². The molecule has 1 aliphatic rings. The summed E-state index contributed by atoms with van der Waals surface area (Å²) in [6.07, 6.45) is 2.08. The second-order valence-corrected chi connectivity index (χ2v) is 8.40. The Hall–Kier alpha value is -3.39. The molecule has 8 heteroatoms. The fraction of sp³-hybridized carbons (Fsp3) is 0.320. The van der Waals surface area contributed by atoms with Crippen LogP contribution in [0.4, 0.5) is 14.6 Å². The maximum Gasteiger partial charge on any atom is 0.318 e. The lowest BCUT2D eigenvalue weighted by Gasteiger charge is -2.32. The van der Waals surface area contributed by atoms with Gasteiger partial charge in [0.25, 0.3) is 0 Å². The van der Waals surface area contributed by atoms with Gasteiger partial charge < -0.3 is 15.0 Å². The SMILES string of the molecule is CCc1c(F)ccc2cccc(-c3ncc4c(N(C)CC5CNC5)nc(OC)nc4c3F)c12. The maximum atomic E-state index is 16.0. The van der Waals surface area contributed by atoms with Crippen molar-refractivity contribution in [2.45, 2.75) is 13.3 Å². The van der Waals surface area contributed by atoms with Crippen LogP contribution < -0.4 is 15.0 Å². The summed E-state index contributed by atoms with van der Waals surface area (Å²) in [5.41, 5.74) is 1.34. The number of hydrogen-bond acceptors (Lipinski definition) is 6. The smallest absolute Gasteiger partial charge is 0.318 e. The van der Waals surface area contributed by atoms with Crippen molar-refractivity contribution in [2.24, 2.45) is 5.92 Å². The number of rotatable bonds is 6. The Kier molecular flexibility index (Phi) is 5.54. The molecule has 1 N–H and O–H groups in total. The molecule has 6 nitrogen and oxygen atoms in total. The minimum Gasteiger partial charge on any atom is -0.467 e. The number of aromatic nitrogens is 3. The minimum absolute atomic E-state index is 0.0883. The standard InChI is InChI=1S/C25H25F2N5O/c1-4-16-19(26)9-8-15-6-5-7-17(20(15)16)22-21(27)23-18(12-29-22)24(31-25(30-23)33-3)32(2)13-14-10-28-11-14/h5-9,12,14,28H,4,10-11,13H2,1-3H3. The molecule has 3 heterocycles. The molecule has 170 valence electrons. The normalized spacial score (nSPS) is 14.0. The van der Waals surface area contributed by atoms with Crippen LogP contribution in [-0.4, -0.2) is 48.7 Å². The van der Waals surface area contributed by atoms with Crippen LogP contribution in [-0.2, 0) is 6.42 Å². The van der Waals surface area contributed by atoms with E-state index in [0.29, 0.717) is 40.1 Å². The third-order valence-corrected chi connectivity index (χ3v) is 6.29. The molecule has 1 fully saturated rings. The molecular weight excluding hydrogens is 424 g/mol. The van der Waals surface area contributed by atoms with Gasteiger partial charge in [0, 0.05) is 44.4 Å². The van der Waals surface area contributed by atoms with E-state index in [4.69, 9.17) is 4.74 Å². The van der Waals surface area contributed by atoms with Crippen LogP contribution in [0.3, 0.4) is 0 Å². The van der Waals surface area contributed by atoms with Crippen molar-refractivity contribution in [3.8, 4) is 17.3 Å². The highest BCUT2D eigenvalue weighted by atomic mass is 19.1. The zero-order chi connectivity index (χ0) is 23.1. The zero-order valence-corrected chi connectivity index (χ0v) is 18.8. The molecule has 0 spiro atoms. The first-order valence-corrected chi connectivity index (χ1v) is 11.0. The number of aryl methyl sites for hydroxylation is 1. The van der Waals surface area contributed by atoms with E-state index in [1.165, 1.54) is 13.2 Å². The van der Waals surface area contributed by atoms with Crippen molar-refractivity contribution in [2.75, 3.05) is 38.7 Å². The Balaban J connectivity index is 1.72. The Morgan fingerprint density at radius 3 is 2.67 bits per heavy atom. The fourth-order valence-electron chi connectivity index (χ4n) is 4.51. The van der Waals surface area contributed by atoms with Crippen LogP contribution in [0.5, 0.6) is 6.01 Å². The van der Waals surface area contributed by atoms with E-state index in [2.05, 4.69) is 20.3 Å². The molecule has 2 aromatic heterocycles. The maximum absolute atomic E-state index is 16.0. The summed E-state index contributed by atoms with van der Waals surface area (Å²) < 4.78 is 35.9. The number of benzene rings is 2. The molecule has 0 amide bonds. The number of fused-ring (bicyclic) bond motifs is 2. The lowest BCUT2D eigenvalue weighted by Crippen LogP contribution is -2.47. The van der Waals surface area contributed by atoms with Crippen LogP contribution in [0, 0.1) is 17.6 Å². The van der Waals surface area contributed by atoms with Crippen molar-refractivity contribution in [1.29, 1.82) is 0 Å². The second kappa shape index (κ2) is 8.51. The van der Waals surface area contributed by atoms with E-state index < -0.39 is 5.82 Å². The van der Waals surface area contributed by atoms with Gasteiger partial charge >= 0.3 is 6.01 Å². The first-order valence-electron chi connectivity index (χ1n) is 11.0. The number of anilines is 1. The summed E-state index contributed by atoms with van der Waals surface area (Å²) in [7, 11) is 3.38. The third-order valence-electron chi connectivity index (χ3n) is 6.29. The molecule has 0 bridgehead atoms. The quantitative estimate of drug-likeness (QED) is 0.472. The summed E-state index contributed by atoms with van der Waals surface area (Å²) in [5, 5.41) is 5.27. The second-order valence-electron chi connectivity index (χ2n) is 8.40. The molecule has 4 aromatic rings. The van der Waals surface area contributed by atoms with E-state index in [9.17, 15) is 4.39 Å². The Morgan fingerprint density at radius 2 is 1.97 bits per heavy atom. The highest BCUT2D eigenvalue weighted by Crippen LogP contribution is 2.36. The van der Waals surface area contributed by atoms with Gasteiger partial charge in [-0.25, -0.2) is 8.78 Å². The molecule has 0 aliphatic carbocycles. The molecule has 2 aromatic carbocycles. The summed E-state index contributed by atoms with van der Waals surface area (Å²) in [6, 6.07) is 8.74. The van der Waals surface area contributed by atoms with Gasteiger partial charge in [0.15, 0.2) is 5.82 Å². The van der Waals surface area contributed by atoms with E-state index >= 15 is 4.39 Å². The van der Waals surface area contributed by atoms with Crippen LogP contribution in [0.15, 0.2) is 36.5 Å². The number of methoxy groups -OCH3 is 1. The van der Waals surface area contributed by atoms with Gasteiger partial charge in [0.1, 0.15) is 22.8 Å². The zero-order valence-electron chi connectivity index (χ0n) is 18.8. The topological polar surface area (TPSA) is 63.2 Å². The van der Waals surface area contributed by atoms with Gasteiger partial charge in [-0.05, 0) is 28.8 Å². The number of pyridine rings is 1. The van der Waals surface area contributed by atoms with E-state index in [-0.39, 0.29) is 23.0 Å².